The Kier molecular flexibility index (Phi) is 3.76. The van der Waals surface area contributed by atoms with E-state index < -0.39 is 5.60 Å². The summed E-state index contributed by atoms with van der Waals surface area (Å²) in [6, 6.07) is 0. The standard InChI is InChI=1S/C16H26O3/c1-11-6-5-7-13(17)16(11)9-8-12(10-16)14(18)19-15(2,3)4/h11-12H,5-10H2,1-4H3/t11-,12+,16-/m0/s1. The Hall–Kier alpha value is -0.860. The number of carbonyl (C=O) groups excluding carboxylic acids is 2. The number of rotatable bonds is 1. The zero-order valence-corrected chi connectivity index (χ0v) is 12.6. The third-order valence-corrected chi connectivity index (χ3v) is 4.83. The molecule has 0 unspecified atom stereocenters. The molecule has 0 N–H and O–H groups in total. The van der Waals surface area contributed by atoms with E-state index in [2.05, 4.69) is 6.92 Å². The van der Waals surface area contributed by atoms with Crippen LogP contribution in [0.1, 0.15) is 66.2 Å². The molecule has 0 aromatic rings. The first-order valence-corrected chi connectivity index (χ1v) is 7.51. The average Bonchev–Trinajstić information content (AvgIpc) is 2.70. The molecule has 0 heterocycles. The van der Waals surface area contributed by atoms with Gasteiger partial charge in [0.1, 0.15) is 11.4 Å². The van der Waals surface area contributed by atoms with Crippen molar-refractivity contribution in [3.05, 3.63) is 0 Å². The van der Waals surface area contributed by atoms with E-state index in [4.69, 9.17) is 4.74 Å². The van der Waals surface area contributed by atoms with Gasteiger partial charge in [0, 0.05) is 11.8 Å². The van der Waals surface area contributed by atoms with Crippen molar-refractivity contribution in [2.24, 2.45) is 17.3 Å². The molecule has 3 atom stereocenters. The van der Waals surface area contributed by atoms with Gasteiger partial charge in [-0.05, 0) is 58.8 Å². The minimum Gasteiger partial charge on any atom is -0.460 e. The lowest BCUT2D eigenvalue weighted by molar-refractivity contribution is -0.160. The number of ketones is 1. The molecule has 2 fully saturated rings. The molecule has 3 heteroatoms. The first-order valence-electron chi connectivity index (χ1n) is 7.51. The predicted octanol–water partition coefficient (Wildman–Crippen LogP) is 3.50. The molecule has 1 spiro atoms. The SMILES string of the molecule is C[C@H]1CCCC(=O)[C@]12CC[C@@H](C(=O)OC(C)(C)C)C2. The van der Waals surface area contributed by atoms with Crippen LogP contribution in [0.4, 0.5) is 0 Å². The lowest BCUT2D eigenvalue weighted by Gasteiger charge is -2.38. The Bertz CT molecular complexity index is 380. The Morgan fingerprint density at radius 1 is 1.32 bits per heavy atom. The molecule has 2 saturated carbocycles. The third-order valence-electron chi connectivity index (χ3n) is 4.83. The van der Waals surface area contributed by atoms with E-state index in [0.717, 1.165) is 25.7 Å². The lowest BCUT2D eigenvalue weighted by Crippen LogP contribution is -2.39. The van der Waals surface area contributed by atoms with Gasteiger partial charge >= 0.3 is 5.97 Å². The second-order valence-electron chi connectivity index (χ2n) is 7.35. The number of hydrogen-bond donors (Lipinski definition) is 0. The summed E-state index contributed by atoms with van der Waals surface area (Å²) >= 11 is 0. The number of hydrogen-bond acceptors (Lipinski definition) is 3. The van der Waals surface area contributed by atoms with Crippen LogP contribution in [0.15, 0.2) is 0 Å². The minimum atomic E-state index is -0.435. The van der Waals surface area contributed by atoms with Crippen LogP contribution in [0.3, 0.4) is 0 Å². The molecule has 2 aliphatic rings. The molecule has 0 bridgehead atoms. The van der Waals surface area contributed by atoms with Crippen LogP contribution < -0.4 is 0 Å². The Labute approximate surface area is 116 Å². The summed E-state index contributed by atoms with van der Waals surface area (Å²) in [6.07, 6.45) is 5.22. The molecule has 0 amide bonds. The maximum absolute atomic E-state index is 12.3. The number of esters is 1. The lowest BCUT2D eigenvalue weighted by atomic mass is 9.65. The summed E-state index contributed by atoms with van der Waals surface area (Å²) in [5.41, 5.74) is -0.658. The second kappa shape index (κ2) is 4.92. The second-order valence-corrected chi connectivity index (χ2v) is 7.35. The number of ether oxygens (including phenoxy) is 1. The summed E-state index contributed by atoms with van der Waals surface area (Å²) in [5, 5.41) is 0. The molecule has 19 heavy (non-hydrogen) atoms. The fraction of sp³-hybridized carbons (Fsp3) is 0.875. The third kappa shape index (κ3) is 2.85. The van der Waals surface area contributed by atoms with Crippen molar-refractivity contribution in [3.63, 3.8) is 0 Å². The van der Waals surface area contributed by atoms with Crippen LogP contribution in [0, 0.1) is 17.3 Å². The van der Waals surface area contributed by atoms with Gasteiger partial charge < -0.3 is 4.74 Å². The van der Waals surface area contributed by atoms with Gasteiger partial charge in [-0.1, -0.05) is 6.92 Å². The largest absolute Gasteiger partial charge is 0.460 e. The van der Waals surface area contributed by atoms with Gasteiger partial charge in [-0.25, -0.2) is 0 Å². The first-order chi connectivity index (χ1) is 8.74. The van der Waals surface area contributed by atoms with E-state index >= 15 is 0 Å². The predicted molar refractivity (Wildman–Crippen MR) is 73.6 cm³/mol. The highest BCUT2D eigenvalue weighted by Crippen LogP contribution is 2.52. The molecule has 108 valence electrons. The van der Waals surface area contributed by atoms with E-state index in [1.54, 1.807) is 0 Å². The van der Waals surface area contributed by atoms with Gasteiger partial charge in [0.2, 0.25) is 0 Å². The summed E-state index contributed by atoms with van der Waals surface area (Å²) in [7, 11) is 0. The molecular weight excluding hydrogens is 240 g/mol. The maximum atomic E-state index is 12.3. The van der Waals surface area contributed by atoms with E-state index in [9.17, 15) is 9.59 Å². The molecular formula is C16H26O3. The summed E-state index contributed by atoms with van der Waals surface area (Å²) in [4.78, 5) is 24.5. The Morgan fingerprint density at radius 2 is 2.00 bits per heavy atom. The van der Waals surface area contributed by atoms with Gasteiger partial charge in [-0.3, -0.25) is 9.59 Å². The van der Waals surface area contributed by atoms with Crippen LogP contribution >= 0.6 is 0 Å². The van der Waals surface area contributed by atoms with Gasteiger partial charge in [0.25, 0.3) is 0 Å². The molecule has 2 rings (SSSR count). The van der Waals surface area contributed by atoms with E-state index in [0.29, 0.717) is 24.5 Å². The fourth-order valence-corrected chi connectivity index (χ4v) is 3.73. The number of Topliss-reactive ketones (excluding diaryl/α,β-unsaturated/α-hetero) is 1. The van der Waals surface area contributed by atoms with Crippen LogP contribution in [-0.4, -0.2) is 17.4 Å². The van der Waals surface area contributed by atoms with Crippen LogP contribution in [0.2, 0.25) is 0 Å². The zero-order chi connectivity index (χ0) is 14.3. The van der Waals surface area contributed by atoms with Crippen molar-refractivity contribution in [2.45, 2.75) is 71.8 Å². The molecule has 3 nitrogen and oxygen atoms in total. The molecule has 0 aromatic carbocycles. The van der Waals surface area contributed by atoms with Crippen molar-refractivity contribution < 1.29 is 14.3 Å². The van der Waals surface area contributed by atoms with Crippen molar-refractivity contribution in [1.29, 1.82) is 0 Å². The number of carbonyl (C=O) groups is 2. The molecule has 2 aliphatic carbocycles. The van der Waals surface area contributed by atoms with Gasteiger partial charge in [0.05, 0.1) is 5.92 Å². The van der Waals surface area contributed by atoms with Crippen molar-refractivity contribution >= 4 is 11.8 Å². The zero-order valence-electron chi connectivity index (χ0n) is 12.6. The highest BCUT2D eigenvalue weighted by Gasteiger charge is 2.51. The highest BCUT2D eigenvalue weighted by molar-refractivity contribution is 5.87. The fourth-order valence-electron chi connectivity index (χ4n) is 3.73. The summed E-state index contributed by atoms with van der Waals surface area (Å²) in [6.45, 7) is 7.85. The van der Waals surface area contributed by atoms with E-state index in [1.165, 1.54) is 0 Å². The maximum Gasteiger partial charge on any atom is 0.309 e. The minimum absolute atomic E-state index is 0.0799. The van der Waals surface area contributed by atoms with Crippen LogP contribution in [0.25, 0.3) is 0 Å². The monoisotopic (exact) mass is 266 g/mol. The van der Waals surface area contributed by atoms with Gasteiger partial charge in [-0.2, -0.15) is 0 Å². The van der Waals surface area contributed by atoms with Gasteiger partial charge in [0.15, 0.2) is 0 Å². The molecule has 0 aromatic heterocycles. The van der Waals surface area contributed by atoms with E-state index in [1.807, 2.05) is 20.8 Å². The summed E-state index contributed by atoms with van der Waals surface area (Å²) < 4.78 is 5.48. The topological polar surface area (TPSA) is 43.4 Å². The van der Waals surface area contributed by atoms with Gasteiger partial charge in [-0.15, -0.1) is 0 Å². The Morgan fingerprint density at radius 3 is 2.58 bits per heavy atom. The summed E-state index contributed by atoms with van der Waals surface area (Å²) in [5.74, 6) is 0.608. The smallest absolute Gasteiger partial charge is 0.309 e. The van der Waals surface area contributed by atoms with E-state index in [-0.39, 0.29) is 17.3 Å². The molecule has 0 saturated heterocycles. The van der Waals surface area contributed by atoms with Crippen molar-refractivity contribution in [3.8, 4) is 0 Å². The molecule has 0 aliphatic heterocycles. The first kappa shape index (κ1) is 14.5. The van der Waals surface area contributed by atoms with Crippen LogP contribution in [0.5, 0.6) is 0 Å². The highest BCUT2D eigenvalue weighted by atomic mass is 16.6. The van der Waals surface area contributed by atoms with Crippen molar-refractivity contribution in [1.82, 2.24) is 0 Å². The quantitative estimate of drug-likeness (QED) is 0.682. The molecule has 0 radical (unpaired) electrons. The Balaban J connectivity index is 2.06. The van der Waals surface area contributed by atoms with Crippen molar-refractivity contribution in [2.75, 3.05) is 0 Å². The average molecular weight is 266 g/mol. The normalized spacial score (nSPS) is 35.7. The van der Waals surface area contributed by atoms with Crippen LogP contribution in [-0.2, 0) is 14.3 Å².